The highest BCUT2D eigenvalue weighted by Crippen LogP contribution is 2.17. The summed E-state index contributed by atoms with van der Waals surface area (Å²) in [7, 11) is -3.41. The number of alkyl halides is 3. The smallest absolute Gasteiger partial charge is 0.344 e. The van der Waals surface area contributed by atoms with Gasteiger partial charge in [-0.15, -0.1) is 0 Å². The summed E-state index contributed by atoms with van der Waals surface area (Å²) in [5.74, 6) is -2.03. The maximum atomic E-state index is 11.9. The number of carbonyl (C=O) groups is 1. The van der Waals surface area contributed by atoms with E-state index in [1.54, 1.807) is 5.32 Å². The average Bonchev–Trinajstić information content (AvgIpc) is 2.49. The van der Waals surface area contributed by atoms with Gasteiger partial charge < -0.3 is 5.32 Å². The molecular formula is C7H11F3N2O3S. The average molecular weight is 260 g/mol. The fourth-order valence-electron chi connectivity index (χ4n) is 1.41. The summed E-state index contributed by atoms with van der Waals surface area (Å²) in [4.78, 5) is 10.6. The Morgan fingerprint density at radius 2 is 2.00 bits per heavy atom. The summed E-state index contributed by atoms with van der Waals surface area (Å²) in [5, 5.41) is 1.75. The van der Waals surface area contributed by atoms with Crippen LogP contribution in [0.2, 0.25) is 0 Å². The molecule has 1 fully saturated rings. The van der Waals surface area contributed by atoms with E-state index >= 15 is 0 Å². The van der Waals surface area contributed by atoms with Gasteiger partial charge >= 0.3 is 12.1 Å². The molecule has 0 aromatic heterocycles. The number of rotatable bonds is 2. The van der Waals surface area contributed by atoms with Gasteiger partial charge in [0.2, 0.25) is 10.0 Å². The van der Waals surface area contributed by atoms with Crippen LogP contribution in [0.3, 0.4) is 0 Å². The van der Waals surface area contributed by atoms with E-state index in [-0.39, 0.29) is 19.5 Å². The first-order valence-corrected chi connectivity index (χ1v) is 6.28. The molecule has 1 aliphatic rings. The molecule has 1 amide bonds. The number of carbonyl (C=O) groups excluding carboxylic acids is 1. The van der Waals surface area contributed by atoms with Crippen LogP contribution in [0, 0.1) is 0 Å². The standard InChI is InChI=1S/C7H11F3N2O3S/c1-16(14,15)12-3-2-5(4-12)11-6(13)7(8,9)10/h5H,2-4H2,1H3,(H,11,13). The zero-order valence-corrected chi connectivity index (χ0v) is 9.23. The van der Waals surface area contributed by atoms with Crippen molar-refractivity contribution in [1.82, 2.24) is 9.62 Å². The molecule has 1 aliphatic heterocycles. The fourth-order valence-corrected chi connectivity index (χ4v) is 2.30. The Bertz CT molecular complexity index is 379. The Balaban J connectivity index is 2.53. The lowest BCUT2D eigenvalue weighted by molar-refractivity contribution is -0.174. The lowest BCUT2D eigenvalue weighted by atomic mass is 10.2. The Morgan fingerprint density at radius 3 is 2.38 bits per heavy atom. The van der Waals surface area contributed by atoms with Crippen molar-refractivity contribution in [2.45, 2.75) is 18.6 Å². The number of sulfonamides is 1. The molecule has 0 bridgehead atoms. The van der Waals surface area contributed by atoms with Gasteiger partial charge in [0.05, 0.1) is 6.26 Å². The van der Waals surface area contributed by atoms with Gasteiger partial charge in [-0.2, -0.15) is 13.2 Å². The molecule has 0 saturated carbocycles. The monoisotopic (exact) mass is 260 g/mol. The van der Waals surface area contributed by atoms with Crippen molar-refractivity contribution in [2.75, 3.05) is 19.3 Å². The number of hydrogen-bond donors (Lipinski definition) is 1. The molecule has 1 saturated heterocycles. The largest absolute Gasteiger partial charge is 0.471 e. The van der Waals surface area contributed by atoms with Gasteiger partial charge in [0, 0.05) is 19.1 Å². The van der Waals surface area contributed by atoms with Crippen molar-refractivity contribution in [3.05, 3.63) is 0 Å². The molecule has 0 aromatic carbocycles. The maximum absolute atomic E-state index is 11.9. The Kier molecular flexibility index (Phi) is 3.48. The molecule has 9 heteroatoms. The molecule has 1 heterocycles. The second kappa shape index (κ2) is 4.21. The second-order valence-corrected chi connectivity index (χ2v) is 5.56. The first-order chi connectivity index (χ1) is 7.10. The van der Waals surface area contributed by atoms with E-state index in [0.717, 1.165) is 10.6 Å². The third kappa shape index (κ3) is 3.34. The molecular weight excluding hydrogens is 249 g/mol. The van der Waals surface area contributed by atoms with Crippen molar-refractivity contribution < 1.29 is 26.4 Å². The fraction of sp³-hybridized carbons (Fsp3) is 0.857. The van der Waals surface area contributed by atoms with Gasteiger partial charge in [0.1, 0.15) is 0 Å². The summed E-state index contributed by atoms with van der Waals surface area (Å²) < 4.78 is 58.8. The summed E-state index contributed by atoms with van der Waals surface area (Å²) in [6.45, 7) is 0.0162. The van der Waals surface area contributed by atoms with E-state index < -0.39 is 28.1 Å². The van der Waals surface area contributed by atoms with Crippen molar-refractivity contribution in [3.63, 3.8) is 0 Å². The van der Waals surface area contributed by atoms with E-state index in [1.165, 1.54) is 0 Å². The van der Waals surface area contributed by atoms with Crippen molar-refractivity contribution in [2.24, 2.45) is 0 Å². The van der Waals surface area contributed by atoms with Crippen molar-refractivity contribution >= 4 is 15.9 Å². The van der Waals surface area contributed by atoms with E-state index in [9.17, 15) is 26.4 Å². The quantitative estimate of drug-likeness (QED) is 0.741. The molecule has 1 unspecified atom stereocenters. The zero-order valence-electron chi connectivity index (χ0n) is 8.41. The van der Waals surface area contributed by atoms with Crippen LogP contribution in [0.25, 0.3) is 0 Å². The molecule has 1 N–H and O–H groups in total. The van der Waals surface area contributed by atoms with Crippen molar-refractivity contribution in [1.29, 1.82) is 0 Å². The highest BCUT2D eigenvalue weighted by atomic mass is 32.2. The minimum absolute atomic E-state index is 0.110. The van der Waals surface area contributed by atoms with Crippen LogP contribution in [0.15, 0.2) is 0 Å². The Labute approximate surface area is 90.7 Å². The van der Waals surface area contributed by atoms with Crippen LogP contribution < -0.4 is 5.32 Å². The Morgan fingerprint density at radius 1 is 1.44 bits per heavy atom. The first kappa shape index (κ1) is 13.2. The van der Waals surface area contributed by atoms with Crippen LogP contribution in [0.4, 0.5) is 13.2 Å². The molecule has 1 rings (SSSR count). The minimum Gasteiger partial charge on any atom is -0.344 e. The number of hydrogen-bond acceptors (Lipinski definition) is 3. The molecule has 0 radical (unpaired) electrons. The van der Waals surface area contributed by atoms with Crippen LogP contribution in [0.5, 0.6) is 0 Å². The number of amides is 1. The molecule has 1 atom stereocenters. The first-order valence-electron chi connectivity index (χ1n) is 4.43. The van der Waals surface area contributed by atoms with E-state index in [1.807, 2.05) is 0 Å². The SMILES string of the molecule is CS(=O)(=O)N1CCC(NC(=O)C(F)(F)F)C1. The predicted octanol–water partition coefficient (Wildman–Crippen LogP) is -0.301. The van der Waals surface area contributed by atoms with Crippen LogP contribution in [-0.4, -0.2) is 50.2 Å². The predicted molar refractivity (Wildman–Crippen MR) is 49.0 cm³/mol. The molecule has 5 nitrogen and oxygen atoms in total. The summed E-state index contributed by atoms with van der Waals surface area (Å²) in [6.07, 6.45) is -3.77. The summed E-state index contributed by atoms with van der Waals surface area (Å²) >= 11 is 0. The molecule has 0 spiro atoms. The highest BCUT2D eigenvalue weighted by molar-refractivity contribution is 7.88. The number of nitrogens with one attached hydrogen (secondary N) is 1. The Hall–Kier alpha value is -0.830. The van der Waals surface area contributed by atoms with E-state index in [4.69, 9.17) is 0 Å². The maximum Gasteiger partial charge on any atom is 0.471 e. The molecule has 0 aliphatic carbocycles. The van der Waals surface area contributed by atoms with Gasteiger partial charge in [-0.25, -0.2) is 12.7 Å². The minimum atomic E-state index is -4.93. The van der Waals surface area contributed by atoms with Gasteiger partial charge in [0.15, 0.2) is 0 Å². The van der Waals surface area contributed by atoms with Crippen molar-refractivity contribution in [3.8, 4) is 0 Å². The molecule has 0 aromatic rings. The molecule has 94 valence electrons. The van der Waals surface area contributed by atoms with Gasteiger partial charge in [-0.3, -0.25) is 4.79 Å². The second-order valence-electron chi connectivity index (χ2n) is 3.58. The van der Waals surface area contributed by atoms with E-state index in [2.05, 4.69) is 0 Å². The van der Waals surface area contributed by atoms with Crippen LogP contribution in [0.1, 0.15) is 6.42 Å². The molecule has 16 heavy (non-hydrogen) atoms. The van der Waals surface area contributed by atoms with Gasteiger partial charge in [-0.05, 0) is 6.42 Å². The third-order valence-electron chi connectivity index (χ3n) is 2.21. The number of nitrogens with zero attached hydrogens (tertiary/aromatic N) is 1. The van der Waals surface area contributed by atoms with Crippen LogP contribution in [-0.2, 0) is 14.8 Å². The van der Waals surface area contributed by atoms with Crippen LogP contribution >= 0.6 is 0 Å². The highest BCUT2D eigenvalue weighted by Gasteiger charge is 2.41. The van der Waals surface area contributed by atoms with Gasteiger partial charge in [0.25, 0.3) is 0 Å². The summed E-state index contributed by atoms with van der Waals surface area (Å²) in [6, 6.07) is -0.774. The normalized spacial score (nSPS) is 23.4. The van der Waals surface area contributed by atoms with E-state index in [0.29, 0.717) is 0 Å². The summed E-state index contributed by atoms with van der Waals surface area (Å²) in [5.41, 5.74) is 0. The number of halogens is 3. The third-order valence-corrected chi connectivity index (χ3v) is 3.48. The lowest BCUT2D eigenvalue weighted by Crippen LogP contribution is -2.44. The zero-order chi connectivity index (χ0) is 12.6. The van der Waals surface area contributed by atoms with Gasteiger partial charge in [-0.1, -0.05) is 0 Å². The topological polar surface area (TPSA) is 66.5 Å². The lowest BCUT2D eigenvalue weighted by Gasteiger charge is -2.15.